The van der Waals surface area contributed by atoms with Crippen molar-refractivity contribution < 1.29 is 14.7 Å². The maximum absolute atomic E-state index is 11.5. The standard InChI is InChI=1S/C12H24N2O3/c1-7(2)9(12(16)17)6-14-11(15)5-10(13)8(3)4/h7-10H,5-6,13H2,1-4H3,(H,14,15)(H,16,17). The molecule has 0 rings (SSSR count). The number of carboxylic acids is 1. The molecule has 0 radical (unpaired) electrons. The number of nitrogens with two attached hydrogens (primary N) is 1. The Morgan fingerprint density at radius 3 is 2.06 bits per heavy atom. The molecule has 5 nitrogen and oxygen atoms in total. The molecule has 0 saturated carbocycles. The van der Waals surface area contributed by atoms with Crippen LogP contribution in [0, 0.1) is 17.8 Å². The molecule has 0 aromatic carbocycles. The summed E-state index contributed by atoms with van der Waals surface area (Å²) in [4.78, 5) is 22.4. The third-order valence-electron chi connectivity index (χ3n) is 2.92. The number of rotatable bonds is 7. The summed E-state index contributed by atoms with van der Waals surface area (Å²) in [6.45, 7) is 7.71. The van der Waals surface area contributed by atoms with Crippen LogP contribution in [0.3, 0.4) is 0 Å². The third-order valence-corrected chi connectivity index (χ3v) is 2.92. The van der Waals surface area contributed by atoms with Gasteiger partial charge in [0.2, 0.25) is 5.91 Å². The highest BCUT2D eigenvalue weighted by Gasteiger charge is 2.22. The molecule has 100 valence electrons. The maximum Gasteiger partial charge on any atom is 0.308 e. The number of carboxylic acid groups (broad SMARTS) is 1. The van der Waals surface area contributed by atoms with Crippen molar-refractivity contribution in [1.82, 2.24) is 5.32 Å². The van der Waals surface area contributed by atoms with Crippen molar-refractivity contribution in [3.8, 4) is 0 Å². The predicted octanol–water partition coefficient (Wildman–Crippen LogP) is 0.833. The second kappa shape index (κ2) is 7.27. The molecule has 0 spiro atoms. The van der Waals surface area contributed by atoms with E-state index >= 15 is 0 Å². The van der Waals surface area contributed by atoms with E-state index in [-0.39, 0.29) is 36.8 Å². The van der Waals surface area contributed by atoms with E-state index in [0.29, 0.717) is 0 Å². The van der Waals surface area contributed by atoms with Crippen LogP contribution in [-0.2, 0) is 9.59 Å². The Morgan fingerprint density at radius 2 is 1.71 bits per heavy atom. The number of aliphatic carboxylic acids is 1. The molecular formula is C12H24N2O3. The Labute approximate surface area is 103 Å². The van der Waals surface area contributed by atoms with Gasteiger partial charge in [0.25, 0.3) is 0 Å². The molecule has 2 unspecified atom stereocenters. The Balaban J connectivity index is 4.10. The highest BCUT2D eigenvalue weighted by atomic mass is 16.4. The Kier molecular flexibility index (Phi) is 6.80. The molecule has 5 heteroatoms. The van der Waals surface area contributed by atoms with Crippen LogP contribution < -0.4 is 11.1 Å². The maximum atomic E-state index is 11.5. The van der Waals surface area contributed by atoms with Crippen molar-refractivity contribution in [2.24, 2.45) is 23.5 Å². The number of hydrogen-bond donors (Lipinski definition) is 3. The molecule has 0 heterocycles. The first-order valence-electron chi connectivity index (χ1n) is 6.00. The van der Waals surface area contributed by atoms with Gasteiger partial charge in [0.05, 0.1) is 5.92 Å². The first-order chi connectivity index (χ1) is 7.75. The van der Waals surface area contributed by atoms with Crippen LogP contribution in [0.25, 0.3) is 0 Å². The topological polar surface area (TPSA) is 92.4 Å². The highest BCUT2D eigenvalue weighted by molar-refractivity contribution is 5.78. The second-order valence-corrected chi connectivity index (χ2v) is 5.10. The molecule has 0 bridgehead atoms. The minimum atomic E-state index is -0.881. The van der Waals surface area contributed by atoms with Gasteiger partial charge in [-0.2, -0.15) is 0 Å². The molecule has 4 N–H and O–H groups in total. The molecule has 1 amide bonds. The van der Waals surface area contributed by atoms with Gasteiger partial charge in [0, 0.05) is 19.0 Å². The van der Waals surface area contributed by atoms with E-state index in [9.17, 15) is 9.59 Å². The van der Waals surface area contributed by atoms with Gasteiger partial charge in [-0.25, -0.2) is 0 Å². The highest BCUT2D eigenvalue weighted by Crippen LogP contribution is 2.10. The zero-order valence-corrected chi connectivity index (χ0v) is 11.1. The smallest absolute Gasteiger partial charge is 0.308 e. The van der Waals surface area contributed by atoms with E-state index in [2.05, 4.69) is 5.32 Å². The van der Waals surface area contributed by atoms with E-state index in [4.69, 9.17) is 10.8 Å². The normalized spacial score (nSPS) is 14.8. The van der Waals surface area contributed by atoms with Crippen molar-refractivity contribution >= 4 is 11.9 Å². The van der Waals surface area contributed by atoms with Crippen molar-refractivity contribution in [3.63, 3.8) is 0 Å². The SMILES string of the molecule is CC(C)C(N)CC(=O)NCC(C(=O)O)C(C)C. The molecule has 0 aliphatic carbocycles. The van der Waals surface area contributed by atoms with E-state index < -0.39 is 11.9 Å². The molecular weight excluding hydrogens is 220 g/mol. The molecule has 0 fully saturated rings. The lowest BCUT2D eigenvalue weighted by Crippen LogP contribution is -2.39. The average molecular weight is 244 g/mol. The molecule has 17 heavy (non-hydrogen) atoms. The number of nitrogens with one attached hydrogen (secondary N) is 1. The number of carbonyl (C=O) groups excluding carboxylic acids is 1. The molecule has 0 saturated heterocycles. The zero-order chi connectivity index (χ0) is 13.6. The van der Waals surface area contributed by atoms with Crippen LogP contribution in [0.2, 0.25) is 0 Å². The minimum absolute atomic E-state index is 0.00780. The van der Waals surface area contributed by atoms with Crippen molar-refractivity contribution in [1.29, 1.82) is 0 Å². The third kappa shape index (κ3) is 6.26. The fraction of sp³-hybridized carbons (Fsp3) is 0.833. The Bertz CT molecular complexity index is 264. The van der Waals surface area contributed by atoms with E-state index in [1.54, 1.807) is 0 Å². The lowest BCUT2D eigenvalue weighted by Gasteiger charge is -2.19. The Hall–Kier alpha value is -1.10. The van der Waals surface area contributed by atoms with E-state index in [1.807, 2.05) is 27.7 Å². The summed E-state index contributed by atoms with van der Waals surface area (Å²) in [5.41, 5.74) is 5.77. The summed E-state index contributed by atoms with van der Waals surface area (Å²) in [6, 6.07) is -0.183. The van der Waals surface area contributed by atoms with E-state index in [0.717, 1.165) is 0 Å². The number of carbonyl (C=O) groups is 2. The van der Waals surface area contributed by atoms with Gasteiger partial charge >= 0.3 is 5.97 Å². The van der Waals surface area contributed by atoms with Crippen LogP contribution >= 0.6 is 0 Å². The largest absolute Gasteiger partial charge is 0.481 e. The predicted molar refractivity (Wildman–Crippen MR) is 66.4 cm³/mol. The molecule has 2 atom stereocenters. The summed E-state index contributed by atoms with van der Waals surface area (Å²) >= 11 is 0. The van der Waals surface area contributed by atoms with Gasteiger partial charge < -0.3 is 16.2 Å². The van der Waals surface area contributed by atoms with Gasteiger partial charge in [-0.3, -0.25) is 9.59 Å². The molecule has 0 aliphatic heterocycles. The van der Waals surface area contributed by atoms with Crippen molar-refractivity contribution in [2.45, 2.75) is 40.2 Å². The lowest BCUT2D eigenvalue weighted by molar-refractivity contribution is -0.143. The fourth-order valence-corrected chi connectivity index (χ4v) is 1.35. The molecule has 0 aromatic heterocycles. The fourth-order valence-electron chi connectivity index (χ4n) is 1.35. The Morgan fingerprint density at radius 1 is 1.18 bits per heavy atom. The van der Waals surface area contributed by atoms with Gasteiger partial charge in [0.1, 0.15) is 0 Å². The minimum Gasteiger partial charge on any atom is -0.481 e. The van der Waals surface area contributed by atoms with Crippen LogP contribution in [-0.4, -0.2) is 29.6 Å². The second-order valence-electron chi connectivity index (χ2n) is 5.10. The summed E-state index contributed by atoms with van der Waals surface area (Å²) in [7, 11) is 0. The first-order valence-corrected chi connectivity index (χ1v) is 6.00. The summed E-state index contributed by atoms with van der Waals surface area (Å²) in [6.07, 6.45) is 0.238. The quantitative estimate of drug-likeness (QED) is 0.618. The van der Waals surface area contributed by atoms with Gasteiger partial charge in [-0.05, 0) is 11.8 Å². The van der Waals surface area contributed by atoms with Gasteiger partial charge in [-0.15, -0.1) is 0 Å². The van der Waals surface area contributed by atoms with Crippen LogP contribution in [0.5, 0.6) is 0 Å². The summed E-state index contributed by atoms with van der Waals surface area (Å²) in [5, 5.41) is 11.6. The molecule has 0 aliphatic rings. The summed E-state index contributed by atoms with van der Waals surface area (Å²) < 4.78 is 0. The zero-order valence-electron chi connectivity index (χ0n) is 11.1. The van der Waals surface area contributed by atoms with Gasteiger partial charge in [0.15, 0.2) is 0 Å². The van der Waals surface area contributed by atoms with Gasteiger partial charge in [-0.1, -0.05) is 27.7 Å². The van der Waals surface area contributed by atoms with Crippen LogP contribution in [0.1, 0.15) is 34.1 Å². The number of hydrogen-bond acceptors (Lipinski definition) is 3. The average Bonchev–Trinajstić information content (AvgIpc) is 2.16. The van der Waals surface area contributed by atoms with E-state index in [1.165, 1.54) is 0 Å². The first kappa shape index (κ1) is 15.9. The van der Waals surface area contributed by atoms with Crippen LogP contribution in [0.15, 0.2) is 0 Å². The summed E-state index contributed by atoms with van der Waals surface area (Å²) in [5.74, 6) is -1.38. The molecule has 0 aromatic rings. The van der Waals surface area contributed by atoms with Crippen LogP contribution in [0.4, 0.5) is 0 Å². The number of amides is 1. The lowest BCUT2D eigenvalue weighted by atomic mass is 9.96. The monoisotopic (exact) mass is 244 g/mol. The van der Waals surface area contributed by atoms with Crippen molar-refractivity contribution in [2.75, 3.05) is 6.54 Å². The van der Waals surface area contributed by atoms with Crippen molar-refractivity contribution in [3.05, 3.63) is 0 Å².